The maximum Gasteiger partial charge on any atom is 0.193 e. The van der Waals surface area contributed by atoms with E-state index in [0.717, 1.165) is 50.7 Å². The summed E-state index contributed by atoms with van der Waals surface area (Å²) < 4.78 is 7.82. The van der Waals surface area contributed by atoms with Gasteiger partial charge < -0.3 is 15.0 Å². The Bertz CT molecular complexity index is 792. The molecule has 8 heteroatoms. The molecule has 0 amide bonds. The number of hydrogen-bond donors (Lipinski definition) is 1. The number of morpholine rings is 1. The van der Waals surface area contributed by atoms with E-state index < -0.39 is 0 Å². The Morgan fingerprint density at radius 2 is 2.03 bits per heavy atom. The summed E-state index contributed by atoms with van der Waals surface area (Å²) in [6, 6.07) is 11.2. The lowest BCUT2D eigenvalue weighted by molar-refractivity contribution is -0.00813. The summed E-state index contributed by atoms with van der Waals surface area (Å²) in [6.07, 6.45) is 4.96. The van der Waals surface area contributed by atoms with Crippen LogP contribution < -0.4 is 5.32 Å². The van der Waals surface area contributed by atoms with Crippen molar-refractivity contribution in [1.29, 1.82) is 0 Å². The minimum Gasteiger partial charge on any atom is -0.370 e. The van der Waals surface area contributed by atoms with Crippen molar-refractivity contribution in [3.63, 3.8) is 0 Å². The molecule has 31 heavy (non-hydrogen) atoms. The average Bonchev–Trinajstić information content (AvgIpc) is 3.22. The molecule has 7 nitrogen and oxygen atoms in total. The Hall–Kier alpha value is -1.65. The van der Waals surface area contributed by atoms with Crippen molar-refractivity contribution in [3.05, 3.63) is 53.9 Å². The maximum atomic E-state index is 5.99. The Labute approximate surface area is 203 Å². The highest BCUT2D eigenvalue weighted by molar-refractivity contribution is 14.0. The topological polar surface area (TPSA) is 57.9 Å². The van der Waals surface area contributed by atoms with Gasteiger partial charge in [-0.2, -0.15) is 5.10 Å². The summed E-state index contributed by atoms with van der Waals surface area (Å²) >= 11 is 0. The van der Waals surface area contributed by atoms with E-state index in [1.165, 1.54) is 5.56 Å². The quantitative estimate of drug-likeness (QED) is 0.317. The van der Waals surface area contributed by atoms with Gasteiger partial charge in [-0.15, -0.1) is 24.0 Å². The number of ether oxygens (including phenoxy) is 1. The third kappa shape index (κ3) is 7.18. The number of aromatic nitrogens is 2. The lowest BCUT2D eigenvalue weighted by Crippen LogP contribution is -2.52. The minimum atomic E-state index is 0. The highest BCUT2D eigenvalue weighted by Crippen LogP contribution is 2.21. The van der Waals surface area contributed by atoms with Crippen molar-refractivity contribution >= 4 is 29.9 Å². The van der Waals surface area contributed by atoms with E-state index in [2.05, 4.69) is 69.4 Å². The molecular formula is C23H37IN6O. The van der Waals surface area contributed by atoms with E-state index >= 15 is 0 Å². The smallest absolute Gasteiger partial charge is 0.193 e. The third-order valence-corrected chi connectivity index (χ3v) is 5.81. The first-order chi connectivity index (χ1) is 14.6. The fraction of sp³-hybridized carbons (Fsp3) is 0.565. The second-order valence-electron chi connectivity index (χ2n) is 7.75. The number of nitrogens with one attached hydrogen (secondary N) is 1. The molecule has 0 saturated carbocycles. The first-order valence-corrected chi connectivity index (χ1v) is 11.0. The average molecular weight is 540 g/mol. The molecule has 2 atom stereocenters. The SMILES string of the molecule is CCN(CC)C(CNC(=NC)N1CCOC(c2cnn(C)c2)C1)Cc1ccccc1.I. The zero-order chi connectivity index (χ0) is 21.3. The normalized spacial score (nSPS) is 18.0. The molecule has 2 heterocycles. The number of likely N-dealkylation sites (N-methyl/N-ethyl adjacent to an activating group) is 1. The number of aliphatic imine (C=N–C) groups is 1. The van der Waals surface area contributed by atoms with E-state index in [1.807, 2.05) is 31.2 Å². The number of rotatable bonds is 8. The summed E-state index contributed by atoms with van der Waals surface area (Å²) in [5.74, 6) is 0.942. The van der Waals surface area contributed by atoms with Gasteiger partial charge in [0.2, 0.25) is 0 Å². The van der Waals surface area contributed by atoms with Gasteiger partial charge in [-0.3, -0.25) is 14.6 Å². The summed E-state index contributed by atoms with van der Waals surface area (Å²) in [5.41, 5.74) is 2.48. The number of hydrogen-bond acceptors (Lipinski definition) is 4. The molecule has 0 radical (unpaired) electrons. The number of guanidine groups is 1. The molecule has 1 saturated heterocycles. The molecule has 1 aliphatic rings. The summed E-state index contributed by atoms with van der Waals surface area (Å²) in [4.78, 5) is 9.39. The van der Waals surface area contributed by atoms with Gasteiger partial charge in [0.25, 0.3) is 0 Å². The van der Waals surface area contributed by atoms with Crippen LogP contribution in [0.4, 0.5) is 0 Å². The van der Waals surface area contributed by atoms with Crippen molar-refractivity contribution in [2.24, 2.45) is 12.0 Å². The number of nitrogens with zero attached hydrogens (tertiary/aromatic N) is 5. The van der Waals surface area contributed by atoms with Crippen molar-refractivity contribution in [1.82, 2.24) is 24.9 Å². The van der Waals surface area contributed by atoms with Crippen LogP contribution in [0.1, 0.15) is 31.1 Å². The summed E-state index contributed by atoms with van der Waals surface area (Å²) in [5, 5.41) is 7.93. The van der Waals surface area contributed by atoms with Crippen LogP contribution in [0.5, 0.6) is 0 Å². The zero-order valence-electron chi connectivity index (χ0n) is 19.2. The lowest BCUT2D eigenvalue weighted by Gasteiger charge is -2.36. The van der Waals surface area contributed by atoms with E-state index in [1.54, 1.807) is 0 Å². The molecule has 1 N–H and O–H groups in total. The largest absolute Gasteiger partial charge is 0.370 e. The van der Waals surface area contributed by atoms with Crippen molar-refractivity contribution in [3.8, 4) is 0 Å². The molecule has 1 fully saturated rings. The van der Waals surface area contributed by atoms with Crippen LogP contribution in [0.2, 0.25) is 0 Å². The van der Waals surface area contributed by atoms with Crippen LogP contribution >= 0.6 is 24.0 Å². The van der Waals surface area contributed by atoms with E-state index in [9.17, 15) is 0 Å². The van der Waals surface area contributed by atoms with E-state index in [4.69, 9.17) is 4.74 Å². The van der Waals surface area contributed by atoms with Gasteiger partial charge in [-0.25, -0.2) is 0 Å². The second-order valence-corrected chi connectivity index (χ2v) is 7.75. The standard InChI is InChI=1S/C23H36N6O.HI/c1-5-28(6-2)21(14-19-10-8-7-9-11-19)16-25-23(24-3)29-12-13-30-22(18-29)20-15-26-27(4)17-20;/h7-11,15,17,21-22H,5-6,12-14,16,18H2,1-4H3,(H,24,25);1H. The lowest BCUT2D eigenvalue weighted by atomic mass is 10.0. The second kappa shape index (κ2) is 13.0. The molecule has 172 valence electrons. The first-order valence-electron chi connectivity index (χ1n) is 11.0. The summed E-state index contributed by atoms with van der Waals surface area (Å²) in [7, 11) is 3.80. The van der Waals surface area contributed by atoms with Crippen LogP contribution in [0.25, 0.3) is 0 Å². The predicted molar refractivity (Wildman–Crippen MR) is 137 cm³/mol. The van der Waals surface area contributed by atoms with Gasteiger partial charge in [0.15, 0.2) is 5.96 Å². The van der Waals surface area contributed by atoms with Crippen LogP contribution in [-0.4, -0.2) is 78.0 Å². The molecule has 2 unspecified atom stereocenters. The third-order valence-electron chi connectivity index (χ3n) is 5.81. The van der Waals surface area contributed by atoms with Gasteiger partial charge in [0, 0.05) is 45.0 Å². The molecule has 0 aliphatic carbocycles. The Morgan fingerprint density at radius 1 is 1.29 bits per heavy atom. The van der Waals surface area contributed by atoms with Crippen molar-refractivity contribution in [2.75, 3.05) is 46.4 Å². The maximum absolute atomic E-state index is 5.99. The van der Waals surface area contributed by atoms with Crippen molar-refractivity contribution < 1.29 is 4.74 Å². The molecule has 1 aliphatic heterocycles. The molecule has 1 aromatic heterocycles. The minimum absolute atomic E-state index is 0. The molecule has 0 spiro atoms. The van der Waals surface area contributed by atoms with Gasteiger partial charge in [-0.1, -0.05) is 44.2 Å². The van der Waals surface area contributed by atoms with E-state index in [-0.39, 0.29) is 30.1 Å². The van der Waals surface area contributed by atoms with Gasteiger partial charge in [0.1, 0.15) is 6.10 Å². The van der Waals surface area contributed by atoms with Crippen LogP contribution in [-0.2, 0) is 18.2 Å². The zero-order valence-corrected chi connectivity index (χ0v) is 21.5. The summed E-state index contributed by atoms with van der Waals surface area (Å²) in [6.45, 7) is 9.70. The molecular weight excluding hydrogens is 503 g/mol. The molecule has 0 bridgehead atoms. The number of benzene rings is 1. The fourth-order valence-electron chi connectivity index (χ4n) is 4.15. The molecule has 3 rings (SSSR count). The van der Waals surface area contributed by atoms with Crippen LogP contribution in [0.15, 0.2) is 47.7 Å². The predicted octanol–water partition coefficient (Wildman–Crippen LogP) is 2.94. The van der Waals surface area contributed by atoms with Gasteiger partial charge in [-0.05, 0) is 25.1 Å². The van der Waals surface area contributed by atoms with Gasteiger partial charge >= 0.3 is 0 Å². The number of aryl methyl sites for hydroxylation is 1. The molecule has 1 aromatic carbocycles. The van der Waals surface area contributed by atoms with Crippen LogP contribution in [0, 0.1) is 0 Å². The fourth-order valence-corrected chi connectivity index (χ4v) is 4.15. The van der Waals surface area contributed by atoms with Crippen LogP contribution in [0.3, 0.4) is 0 Å². The van der Waals surface area contributed by atoms with E-state index in [0.29, 0.717) is 12.6 Å². The highest BCUT2D eigenvalue weighted by Gasteiger charge is 2.26. The Morgan fingerprint density at radius 3 is 2.65 bits per heavy atom. The highest BCUT2D eigenvalue weighted by atomic mass is 127. The number of halogens is 1. The van der Waals surface area contributed by atoms with Gasteiger partial charge in [0.05, 0.1) is 19.3 Å². The Balaban J connectivity index is 0.00000341. The van der Waals surface area contributed by atoms with Crippen molar-refractivity contribution in [2.45, 2.75) is 32.4 Å². The monoisotopic (exact) mass is 540 g/mol. The first kappa shape index (κ1) is 25.6. The molecule has 2 aromatic rings. The Kier molecular flexibility index (Phi) is 10.8.